The summed E-state index contributed by atoms with van der Waals surface area (Å²) in [5.74, 6) is 1.34. The number of methoxy groups -OCH3 is 1. The molecule has 1 aliphatic heterocycles. The Hall–Kier alpha value is -2.58. The van der Waals surface area contributed by atoms with Crippen LogP contribution in [-0.2, 0) is 6.54 Å². The van der Waals surface area contributed by atoms with Crippen molar-refractivity contribution in [3.63, 3.8) is 0 Å². The van der Waals surface area contributed by atoms with Gasteiger partial charge in [-0.1, -0.05) is 54.6 Å². The van der Waals surface area contributed by atoms with Crippen molar-refractivity contribution in [1.29, 1.82) is 0 Å². The Labute approximate surface area is 149 Å². The Kier molecular flexibility index (Phi) is 4.29. The fourth-order valence-corrected chi connectivity index (χ4v) is 3.80. The molecule has 126 valence electrons. The van der Waals surface area contributed by atoms with Gasteiger partial charge in [0.15, 0.2) is 0 Å². The molecule has 3 aromatic rings. The van der Waals surface area contributed by atoms with Gasteiger partial charge in [-0.2, -0.15) is 0 Å². The summed E-state index contributed by atoms with van der Waals surface area (Å²) in [6, 6.07) is 26.0. The molecule has 0 aliphatic carbocycles. The van der Waals surface area contributed by atoms with E-state index >= 15 is 0 Å². The first-order valence-corrected chi connectivity index (χ1v) is 8.75. The van der Waals surface area contributed by atoms with Gasteiger partial charge in [-0.15, -0.1) is 0 Å². The van der Waals surface area contributed by atoms with E-state index in [-0.39, 0.29) is 0 Å². The van der Waals surface area contributed by atoms with Gasteiger partial charge < -0.3 is 9.64 Å². The zero-order valence-electron chi connectivity index (χ0n) is 14.8. The Morgan fingerprint density at radius 1 is 0.880 bits per heavy atom. The maximum atomic E-state index is 5.37. The number of likely N-dealkylation sites (N-methyl/N-ethyl adjacent to an activating group) is 1. The van der Waals surface area contributed by atoms with Crippen molar-refractivity contribution in [3.05, 3.63) is 89.5 Å². The third-order valence-corrected chi connectivity index (χ3v) is 5.06. The zero-order chi connectivity index (χ0) is 17.2. The third kappa shape index (κ3) is 3.18. The number of hydrogen-bond donors (Lipinski definition) is 0. The minimum absolute atomic E-state index is 0.439. The molecule has 3 aromatic carbocycles. The summed E-state index contributed by atoms with van der Waals surface area (Å²) in [5.41, 5.74) is 6.72. The molecule has 0 radical (unpaired) electrons. The molecule has 1 heterocycles. The molecule has 0 amide bonds. The molecule has 0 spiro atoms. The normalized spacial score (nSPS) is 17.1. The van der Waals surface area contributed by atoms with E-state index in [1.807, 2.05) is 12.1 Å². The lowest BCUT2D eigenvalue weighted by atomic mass is 9.83. The van der Waals surface area contributed by atoms with Crippen LogP contribution in [0.25, 0.3) is 11.1 Å². The fourth-order valence-electron chi connectivity index (χ4n) is 3.80. The number of nitrogens with zero attached hydrogens (tertiary/aromatic N) is 1. The number of hydrogen-bond acceptors (Lipinski definition) is 2. The molecule has 1 atom stereocenters. The predicted octanol–water partition coefficient (Wildman–Crippen LogP) is 4.94. The van der Waals surface area contributed by atoms with Crippen molar-refractivity contribution < 1.29 is 4.74 Å². The van der Waals surface area contributed by atoms with E-state index in [0.29, 0.717) is 5.92 Å². The molecular formula is C23H23NO. The largest absolute Gasteiger partial charge is 0.497 e. The zero-order valence-corrected chi connectivity index (χ0v) is 14.8. The summed E-state index contributed by atoms with van der Waals surface area (Å²) >= 11 is 0. The van der Waals surface area contributed by atoms with E-state index in [9.17, 15) is 0 Å². The summed E-state index contributed by atoms with van der Waals surface area (Å²) in [6.45, 7) is 2.06. The van der Waals surface area contributed by atoms with Gasteiger partial charge >= 0.3 is 0 Å². The molecule has 0 saturated heterocycles. The highest BCUT2D eigenvalue weighted by Gasteiger charge is 2.24. The van der Waals surface area contributed by atoms with Crippen LogP contribution in [0.4, 0.5) is 0 Å². The van der Waals surface area contributed by atoms with Crippen LogP contribution >= 0.6 is 0 Å². The van der Waals surface area contributed by atoms with Gasteiger partial charge in [0, 0.05) is 19.0 Å². The number of rotatable bonds is 3. The van der Waals surface area contributed by atoms with Crippen LogP contribution in [0.1, 0.15) is 22.6 Å². The van der Waals surface area contributed by atoms with Crippen LogP contribution in [0, 0.1) is 0 Å². The smallest absolute Gasteiger partial charge is 0.119 e. The Bertz CT molecular complexity index is 872. The van der Waals surface area contributed by atoms with Crippen molar-refractivity contribution in [2.75, 3.05) is 20.7 Å². The molecular weight excluding hydrogens is 306 g/mol. The molecule has 0 fully saturated rings. The minimum atomic E-state index is 0.439. The van der Waals surface area contributed by atoms with Crippen molar-refractivity contribution in [3.8, 4) is 16.9 Å². The Morgan fingerprint density at radius 3 is 2.48 bits per heavy atom. The van der Waals surface area contributed by atoms with E-state index in [0.717, 1.165) is 18.8 Å². The highest BCUT2D eigenvalue weighted by atomic mass is 16.5. The van der Waals surface area contributed by atoms with Gasteiger partial charge in [-0.25, -0.2) is 0 Å². The maximum absolute atomic E-state index is 5.37. The lowest BCUT2D eigenvalue weighted by molar-refractivity contribution is 0.295. The minimum Gasteiger partial charge on any atom is -0.497 e. The highest BCUT2D eigenvalue weighted by molar-refractivity contribution is 5.67. The molecule has 4 rings (SSSR count). The molecule has 0 saturated carbocycles. The van der Waals surface area contributed by atoms with Crippen molar-refractivity contribution >= 4 is 0 Å². The quantitative estimate of drug-likeness (QED) is 0.675. The van der Waals surface area contributed by atoms with Crippen LogP contribution < -0.4 is 4.74 Å². The molecule has 0 bridgehead atoms. The summed E-state index contributed by atoms with van der Waals surface area (Å²) < 4.78 is 5.37. The van der Waals surface area contributed by atoms with E-state index in [2.05, 4.69) is 72.6 Å². The van der Waals surface area contributed by atoms with E-state index in [1.54, 1.807) is 7.11 Å². The predicted molar refractivity (Wildman–Crippen MR) is 103 cm³/mol. The van der Waals surface area contributed by atoms with Crippen molar-refractivity contribution in [2.24, 2.45) is 0 Å². The van der Waals surface area contributed by atoms with Gasteiger partial charge in [-0.3, -0.25) is 0 Å². The summed E-state index contributed by atoms with van der Waals surface area (Å²) in [4.78, 5) is 2.41. The monoisotopic (exact) mass is 329 g/mol. The molecule has 25 heavy (non-hydrogen) atoms. The molecule has 1 aliphatic rings. The van der Waals surface area contributed by atoms with Crippen molar-refractivity contribution in [1.82, 2.24) is 4.90 Å². The second-order valence-electron chi connectivity index (χ2n) is 6.81. The summed E-state index contributed by atoms with van der Waals surface area (Å²) in [7, 11) is 3.92. The number of ether oxygens (including phenoxy) is 1. The van der Waals surface area contributed by atoms with E-state index in [4.69, 9.17) is 4.74 Å². The molecule has 1 unspecified atom stereocenters. The van der Waals surface area contributed by atoms with E-state index < -0.39 is 0 Å². The molecule has 2 heteroatoms. The standard InChI is InChI=1S/C23H23NO/c1-24-15-20-13-19(18-9-6-10-21(14-18)25-2)11-12-22(20)23(16-24)17-7-4-3-5-8-17/h3-14,23H,15-16H2,1-2H3. The van der Waals surface area contributed by atoms with Crippen LogP contribution in [0.2, 0.25) is 0 Å². The van der Waals surface area contributed by atoms with E-state index in [1.165, 1.54) is 27.8 Å². The SMILES string of the molecule is COc1cccc(-c2ccc3c(c2)CN(C)CC3c2ccccc2)c1. The summed E-state index contributed by atoms with van der Waals surface area (Å²) in [5, 5.41) is 0. The first-order chi connectivity index (χ1) is 12.2. The first kappa shape index (κ1) is 15.9. The average Bonchev–Trinajstić information content (AvgIpc) is 2.67. The van der Waals surface area contributed by atoms with Crippen LogP contribution in [0.3, 0.4) is 0 Å². The molecule has 0 aromatic heterocycles. The van der Waals surface area contributed by atoms with Gasteiger partial charge in [0.05, 0.1) is 7.11 Å². The second-order valence-corrected chi connectivity index (χ2v) is 6.81. The maximum Gasteiger partial charge on any atom is 0.119 e. The first-order valence-electron chi connectivity index (χ1n) is 8.75. The number of benzene rings is 3. The van der Waals surface area contributed by atoms with Crippen LogP contribution in [0.5, 0.6) is 5.75 Å². The second kappa shape index (κ2) is 6.73. The van der Waals surface area contributed by atoms with Gasteiger partial charge in [0.2, 0.25) is 0 Å². The van der Waals surface area contributed by atoms with Gasteiger partial charge in [0.1, 0.15) is 5.75 Å². The fraction of sp³-hybridized carbons (Fsp3) is 0.217. The van der Waals surface area contributed by atoms with Crippen LogP contribution in [-0.4, -0.2) is 25.6 Å². The topological polar surface area (TPSA) is 12.5 Å². The van der Waals surface area contributed by atoms with Crippen molar-refractivity contribution in [2.45, 2.75) is 12.5 Å². The lowest BCUT2D eigenvalue weighted by Crippen LogP contribution is -2.30. The average molecular weight is 329 g/mol. The van der Waals surface area contributed by atoms with Gasteiger partial charge in [-0.05, 0) is 53.1 Å². The number of fused-ring (bicyclic) bond motifs is 1. The third-order valence-electron chi connectivity index (χ3n) is 5.06. The lowest BCUT2D eigenvalue weighted by Gasteiger charge is -2.33. The summed E-state index contributed by atoms with van der Waals surface area (Å²) in [6.07, 6.45) is 0. The Balaban J connectivity index is 1.75. The Morgan fingerprint density at radius 2 is 1.68 bits per heavy atom. The molecule has 0 N–H and O–H groups in total. The van der Waals surface area contributed by atoms with Crippen LogP contribution in [0.15, 0.2) is 72.8 Å². The molecule has 2 nitrogen and oxygen atoms in total. The van der Waals surface area contributed by atoms with Gasteiger partial charge in [0.25, 0.3) is 0 Å². The highest BCUT2D eigenvalue weighted by Crippen LogP contribution is 2.35.